The van der Waals surface area contributed by atoms with Crippen LogP contribution < -0.4 is 5.30 Å². The average molecular weight is 338 g/mol. The fourth-order valence-corrected chi connectivity index (χ4v) is 3.51. The third-order valence-corrected chi connectivity index (χ3v) is 5.21. The zero-order valence-corrected chi connectivity index (χ0v) is 11.3. The highest BCUT2D eigenvalue weighted by Gasteiger charge is 2.43. The molecule has 0 aromatic heterocycles. The van der Waals surface area contributed by atoms with Crippen molar-refractivity contribution in [3.63, 3.8) is 0 Å². The van der Waals surface area contributed by atoms with Crippen LogP contribution in [0.2, 0.25) is 0 Å². The van der Waals surface area contributed by atoms with E-state index in [1.54, 1.807) is 18.2 Å². The SMILES string of the molecule is CO[P+](O)(OC)c1cc(C#N)ccc1I. The monoisotopic (exact) mass is 338 g/mol. The van der Waals surface area contributed by atoms with E-state index >= 15 is 0 Å². The number of halogens is 1. The second-order valence-corrected chi connectivity index (χ2v) is 6.08. The van der Waals surface area contributed by atoms with E-state index in [2.05, 4.69) is 22.6 Å². The van der Waals surface area contributed by atoms with E-state index in [0.717, 1.165) is 3.57 Å². The maximum atomic E-state index is 10.1. The number of hydrogen-bond acceptors (Lipinski definition) is 4. The Labute approximate surface area is 103 Å². The largest absolute Gasteiger partial charge is 0.446 e. The van der Waals surface area contributed by atoms with E-state index < -0.39 is 7.94 Å². The van der Waals surface area contributed by atoms with E-state index in [9.17, 15) is 4.89 Å². The Bertz CT molecular complexity index is 401. The van der Waals surface area contributed by atoms with Gasteiger partial charge in [-0.05, 0) is 34.7 Å². The second-order valence-electron chi connectivity index (χ2n) is 2.66. The molecule has 0 aliphatic carbocycles. The van der Waals surface area contributed by atoms with Crippen molar-refractivity contribution in [2.45, 2.75) is 0 Å². The summed E-state index contributed by atoms with van der Waals surface area (Å²) in [6, 6.07) is 7.02. The number of hydrogen-bond donors (Lipinski definition) is 1. The van der Waals surface area contributed by atoms with Gasteiger partial charge < -0.3 is 0 Å². The molecule has 0 spiro atoms. The number of rotatable bonds is 3. The Kier molecular flexibility index (Phi) is 4.44. The van der Waals surface area contributed by atoms with Crippen LogP contribution in [0.25, 0.3) is 0 Å². The van der Waals surface area contributed by atoms with Crippen molar-refractivity contribution in [2.24, 2.45) is 0 Å². The molecule has 80 valence electrons. The van der Waals surface area contributed by atoms with Crippen LogP contribution in [0.5, 0.6) is 0 Å². The molecule has 0 fully saturated rings. The topological polar surface area (TPSA) is 62.5 Å². The summed E-state index contributed by atoms with van der Waals surface area (Å²) in [5.41, 5.74) is 0.470. The molecule has 0 saturated carbocycles. The molecule has 0 aliphatic heterocycles. The minimum atomic E-state index is -3.02. The first-order valence-electron chi connectivity index (χ1n) is 4.01. The van der Waals surface area contributed by atoms with Gasteiger partial charge in [0.1, 0.15) is 0 Å². The summed E-state index contributed by atoms with van der Waals surface area (Å²) in [4.78, 5) is 10.1. The first-order chi connectivity index (χ1) is 7.07. The summed E-state index contributed by atoms with van der Waals surface area (Å²) in [6.45, 7) is 0. The lowest BCUT2D eigenvalue weighted by Gasteiger charge is -2.13. The molecule has 6 heteroatoms. The molecule has 1 aromatic carbocycles. The molecule has 0 atom stereocenters. The maximum absolute atomic E-state index is 10.1. The van der Waals surface area contributed by atoms with Crippen molar-refractivity contribution in [1.82, 2.24) is 0 Å². The van der Waals surface area contributed by atoms with E-state index in [0.29, 0.717) is 10.9 Å². The summed E-state index contributed by atoms with van der Waals surface area (Å²) < 4.78 is 10.8. The van der Waals surface area contributed by atoms with Crippen LogP contribution >= 0.6 is 30.5 Å². The minimum Gasteiger partial charge on any atom is -0.192 e. The lowest BCUT2D eigenvalue weighted by molar-refractivity contribution is 0.253. The number of benzene rings is 1. The van der Waals surface area contributed by atoms with Crippen LogP contribution in [0.1, 0.15) is 5.56 Å². The molecule has 0 saturated heterocycles. The van der Waals surface area contributed by atoms with Gasteiger partial charge in [0.25, 0.3) is 0 Å². The van der Waals surface area contributed by atoms with Gasteiger partial charge in [0.05, 0.1) is 29.4 Å². The second kappa shape index (κ2) is 5.19. The molecule has 1 rings (SSSR count). The highest BCUT2D eigenvalue weighted by Crippen LogP contribution is 2.54. The van der Waals surface area contributed by atoms with Crippen molar-refractivity contribution in [2.75, 3.05) is 14.2 Å². The Morgan fingerprint density at radius 2 is 2.00 bits per heavy atom. The quantitative estimate of drug-likeness (QED) is 0.675. The molecule has 0 aliphatic rings. The number of nitrogens with zero attached hydrogens (tertiary/aromatic N) is 1. The molecule has 1 aromatic rings. The molecule has 0 bridgehead atoms. The predicted molar refractivity (Wildman–Crippen MR) is 66.7 cm³/mol. The van der Waals surface area contributed by atoms with Crippen LogP contribution in [-0.4, -0.2) is 19.1 Å². The Morgan fingerprint density at radius 1 is 1.40 bits per heavy atom. The summed E-state index contributed by atoms with van der Waals surface area (Å²) in [5, 5.41) is 9.30. The van der Waals surface area contributed by atoms with Crippen LogP contribution in [0.15, 0.2) is 18.2 Å². The molecule has 0 amide bonds. The summed E-state index contributed by atoms with van der Waals surface area (Å²) in [5.74, 6) is 0. The van der Waals surface area contributed by atoms with Gasteiger partial charge in [0.2, 0.25) is 0 Å². The van der Waals surface area contributed by atoms with Gasteiger partial charge in [-0.1, -0.05) is 0 Å². The average Bonchev–Trinajstić information content (AvgIpc) is 2.28. The zero-order chi connectivity index (χ0) is 11.5. The first kappa shape index (κ1) is 12.8. The van der Waals surface area contributed by atoms with Gasteiger partial charge in [-0.2, -0.15) is 19.2 Å². The van der Waals surface area contributed by atoms with E-state index in [4.69, 9.17) is 14.3 Å². The maximum Gasteiger partial charge on any atom is 0.446 e. The van der Waals surface area contributed by atoms with Gasteiger partial charge in [0.15, 0.2) is 5.30 Å². The van der Waals surface area contributed by atoms with E-state index in [-0.39, 0.29) is 0 Å². The van der Waals surface area contributed by atoms with Crippen molar-refractivity contribution in [3.8, 4) is 6.07 Å². The zero-order valence-electron chi connectivity index (χ0n) is 8.27. The third-order valence-electron chi connectivity index (χ3n) is 1.87. The van der Waals surface area contributed by atoms with Crippen LogP contribution in [0.4, 0.5) is 0 Å². The van der Waals surface area contributed by atoms with Crippen LogP contribution in [-0.2, 0) is 9.05 Å². The molecule has 1 N–H and O–H groups in total. The summed E-state index contributed by atoms with van der Waals surface area (Å²) in [6.07, 6.45) is 0. The minimum absolute atomic E-state index is 0.470. The van der Waals surface area contributed by atoms with E-state index in [1.165, 1.54) is 14.2 Å². The van der Waals surface area contributed by atoms with Crippen molar-refractivity contribution < 1.29 is 13.9 Å². The molecular formula is C9H10INO3P+. The molecule has 0 heterocycles. The highest BCUT2D eigenvalue weighted by atomic mass is 127. The normalized spacial score (nSPS) is 11.1. The number of nitriles is 1. The predicted octanol–water partition coefficient (Wildman–Crippen LogP) is 1.84. The molecule has 15 heavy (non-hydrogen) atoms. The summed E-state index contributed by atoms with van der Waals surface area (Å²) in [7, 11) is -0.257. The Hall–Kier alpha value is -0.250. The van der Waals surface area contributed by atoms with Crippen LogP contribution in [0.3, 0.4) is 0 Å². The van der Waals surface area contributed by atoms with Crippen molar-refractivity contribution in [1.29, 1.82) is 5.26 Å². The van der Waals surface area contributed by atoms with E-state index in [1.807, 2.05) is 6.07 Å². The van der Waals surface area contributed by atoms with Gasteiger partial charge >= 0.3 is 7.94 Å². The fourth-order valence-electron chi connectivity index (χ4n) is 1.07. The van der Waals surface area contributed by atoms with Gasteiger partial charge in [0, 0.05) is 6.07 Å². The standard InChI is InChI=1S/C9H10INO3P/c1-13-15(12,14-2)9-5-7(6-11)3-4-8(9)10/h3-5,12H,1-2H3/q+1. The smallest absolute Gasteiger partial charge is 0.192 e. The van der Waals surface area contributed by atoms with Gasteiger partial charge in [-0.25, -0.2) is 0 Å². The van der Waals surface area contributed by atoms with Crippen LogP contribution in [0, 0.1) is 14.9 Å². The molecule has 0 radical (unpaired) electrons. The highest BCUT2D eigenvalue weighted by molar-refractivity contribution is 14.1. The fraction of sp³-hybridized carbons (Fsp3) is 0.222. The van der Waals surface area contributed by atoms with Crippen molar-refractivity contribution >= 4 is 35.8 Å². The third kappa shape index (κ3) is 2.65. The first-order valence-corrected chi connectivity index (χ1v) is 6.66. The lowest BCUT2D eigenvalue weighted by Crippen LogP contribution is -2.17. The van der Waals surface area contributed by atoms with Gasteiger partial charge in [-0.3, -0.25) is 0 Å². The lowest BCUT2D eigenvalue weighted by atomic mass is 10.2. The molecule has 0 unspecified atom stereocenters. The summed E-state index contributed by atoms with van der Waals surface area (Å²) >= 11 is 2.06. The molecular weight excluding hydrogens is 328 g/mol. The molecule has 4 nitrogen and oxygen atoms in total. The Morgan fingerprint density at radius 3 is 2.47 bits per heavy atom. The van der Waals surface area contributed by atoms with Gasteiger partial charge in [-0.15, -0.1) is 0 Å². The van der Waals surface area contributed by atoms with Crippen molar-refractivity contribution in [3.05, 3.63) is 27.3 Å². The Balaban J connectivity index is 3.29.